The lowest BCUT2D eigenvalue weighted by Crippen LogP contribution is -2.55. The van der Waals surface area contributed by atoms with Gasteiger partial charge in [0.2, 0.25) is 0 Å². The van der Waals surface area contributed by atoms with Crippen LogP contribution in [0, 0.1) is 11.8 Å². The fourth-order valence-electron chi connectivity index (χ4n) is 4.97. The number of fused-ring (bicyclic) bond motifs is 5. The lowest BCUT2D eigenvalue weighted by molar-refractivity contribution is -0.131. The van der Waals surface area contributed by atoms with Gasteiger partial charge in [-0.2, -0.15) is 21.6 Å². The maximum Gasteiger partial charge on any atom is 0.534 e. The predicted octanol–water partition coefficient (Wildman–Crippen LogP) is 5.11. The average molecular weight is 632 g/mol. The third-order valence-electron chi connectivity index (χ3n) is 6.73. The van der Waals surface area contributed by atoms with E-state index in [1.807, 2.05) is 20.8 Å². The number of alkyl halides is 3. The third kappa shape index (κ3) is 9.42. The molecule has 1 saturated carbocycles. The summed E-state index contributed by atoms with van der Waals surface area (Å²) >= 11 is 0. The van der Waals surface area contributed by atoms with Gasteiger partial charge >= 0.3 is 27.8 Å². The summed E-state index contributed by atoms with van der Waals surface area (Å²) in [4.78, 5) is 38.6. The zero-order chi connectivity index (χ0) is 29.6. The number of Topliss-reactive ketones (excluding diaryl/α,β-unsaturated/α-hetero) is 1. The SMILES string of the molecule is C.CC(C)(C)OC(=O)N1C[C@H]2CC[C@@H]1C=C2OS(=O)(=O)C(F)(F)F.CC(C)(C)OC(=O)N1C[C@H]2CC[C@@H]1CC2=O.[SH-]. The summed E-state index contributed by atoms with van der Waals surface area (Å²) in [5, 5.41) is 0. The van der Waals surface area contributed by atoms with Crippen LogP contribution in [0.25, 0.3) is 0 Å². The van der Waals surface area contributed by atoms with Crippen molar-refractivity contribution in [3.63, 3.8) is 0 Å². The molecule has 0 aromatic heterocycles. The predicted molar refractivity (Wildman–Crippen MR) is 148 cm³/mol. The van der Waals surface area contributed by atoms with Crippen molar-refractivity contribution in [3.8, 4) is 0 Å². The highest BCUT2D eigenvalue weighted by Gasteiger charge is 2.51. The van der Waals surface area contributed by atoms with Gasteiger partial charge < -0.3 is 37.0 Å². The van der Waals surface area contributed by atoms with E-state index in [0.717, 1.165) is 12.8 Å². The maximum absolute atomic E-state index is 12.4. The first-order chi connectivity index (χ1) is 17.7. The Labute approximate surface area is 247 Å². The molecular formula is C26H42F3N2O8S2-. The number of ether oxygens (including phenoxy) is 2. The number of carbonyl (C=O) groups is 3. The number of amides is 2. The van der Waals surface area contributed by atoms with Gasteiger partial charge in [-0.25, -0.2) is 9.59 Å². The number of hydrogen-bond acceptors (Lipinski definition) is 9. The van der Waals surface area contributed by atoms with Gasteiger partial charge in [-0.3, -0.25) is 4.79 Å². The Morgan fingerprint density at radius 2 is 1.34 bits per heavy atom. The minimum Gasteiger partial charge on any atom is -0.813 e. The van der Waals surface area contributed by atoms with Gasteiger partial charge in [-0.05, 0) is 73.3 Å². The average Bonchev–Trinajstić information content (AvgIpc) is 2.77. The molecule has 41 heavy (non-hydrogen) atoms. The first-order valence-corrected chi connectivity index (χ1v) is 14.3. The standard InChI is InChI=1S/C13H18F3NO5S.C12H19NO3.CH4.H2S/c1-12(2,3)21-11(18)17-7-8-4-5-9(17)6-10(8)22-23(19,20)13(14,15)16;1-12(2,3)16-11(15)13-7-8-4-5-9(13)6-10(8)14;;/h6,8-9H,4-5,7H2,1-3H3;8-9H,4-7H2,1-3H3;1H4;1H2/p-1/t2*8-,9-;;/m11../s1. The quantitative estimate of drug-likeness (QED) is 0.177. The van der Waals surface area contributed by atoms with Gasteiger partial charge in [-0.15, -0.1) is 0 Å². The largest absolute Gasteiger partial charge is 0.813 e. The van der Waals surface area contributed by atoms with Gasteiger partial charge in [0, 0.05) is 37.4 Å². The van der Waals surface area contributed by atoms with Crippen molar-refractivity contribution in [1.82, 2.24) is 9.80 Å². The second-order valence-electron chi connectivity index (χ2n) is 12.3. The normalized spacial score (nSPS) is 25.6. The van der Waals surface area contributed by atoms with Gasteiger partial charge in [0.25, 0.3) is 0 Å². The summed E-state index contributed by atoms with van der Waals surface area (Å²) in [6, 6.07) is -0.458. The van der Waals surface area contributed by atoms with E-state index in [2.05, 4.69) is 4.18 Å². The Morgan fingerprint density at radius 1 is 0.854 bits per heavy atom. The minimum absolute atomic E-state index is 0. The molecule has 2 aliphatic carbocycles. The van der Waals surface area contributed by atoms with Crippen LogP contribution < -0.4 is 0 Å². The number of rotatable bonds is 2. The topological polar surface area (TPSA) is 120 Å². The van der Waals surface area contributed by atoms with E-state index in [1.165, 1.54) is 11.0 Å². The second-order valence-corrected chi connectivity index (χ2v) is 13.8. The Balaban J connectivity index is 0.000000413. The summed E-state index contributed by atoms with van der Waals surface area (Å²) in [6.45, 7) is 11.3. The molecule has 0 radical (unpaired) electrons. The van der Waals surface area contributed by atoms with Gasteiger partial charge in [-0.1, -0.05) is 7.43 Å². The van der Waals surface area contributed by atoms with Crippen molar-refractivity contribution in [2.45, 2.75) is 110 Å². The van der Waals surface area contributed by atoms with Crippen molar-refractivity contribution in [2.24, 2.45) is 11.8 Å². The zero-order valence-corrected chi connectivity index (χ0v) is 25.2. The number of thiol groups is 1. The third-order valence-corrected chi connectivity index (χ3v) is 7.71. The molecule has 15 heteroatoms. The highest BCUT2D eigenvalue weighted by atomic mass is 32.2. The maximum atomic E-state index is 12.4. The molecule has 4 bridgehead atoms. The highest BCUT2D eigenvalue weighted by molar-refractivity contribution is 7.87. The molecular weight excluding hydrogens is 589 g/mol. The smallest absolute Gasteiger partial charge is 0.534 e. The van der Waals surface area contributed by atoms with Crippen molar-refractivity contribution in [2.75, 3.05) is 13.1 Å². The summed E-state index contributed by atoms with van der Waals surface area (Å²) < 4.78 is 74.2. The Hall–Kier alpha value is -2.16. The van der Waals surface area contributed by atoms with E-state index < -0.39 is 44.9 Å². The molecule has 4 heterocycles. The van der Waals surface area contributed by atoms with Crippen LogP contribution in [0.3, 0.4) is 0 Å². The van der Waals surface area contributed by atoms with Crippen LogP contribution in [0.2, 0.25) is 0 Å². The number of carbonyl (C=O) groups excluding carboxylic acids is 3. The second kappa shape index (κ2) is 13.0. The van der Waals surface area contributed by atoms with E-state index in [0.29, 0.717) is 31.6 Å². The molecule has 6 rings (SSSR count). The van der Waals surface area contributed by atoms with Gasteiger partial charge in [0.15, 0.2) is 0 Å². The molecule has 0 aromatic rings. The molecule has 4 aliphatic heterocycles. The Kier molecular flexibility index (Phi) is 11.7. The monoisotopic (exact) mass is 631 g/mol. The first-order valence-electron chi connectivity index (χ1n) is 12.9. The highest BCUT2D eigenvalue weighted by Crippen LogP contribution is 2.39. The van der Waals surface area contributed by atoms with Crippen LogP contribution in [0.4, 0.5) is 22.8 Å². The van der Waals surface area contributed by atoms with Gasteiger partial charge in [0.1, 0.15) is 22.7 Å². The lowest BCUT2D eigenvalue weighted by Gasteiger charge is -2.44. The van der Waals surface area contributed by atoms with Crippen LogP contribution in [-0.2, 0) is 42.1 Å². The number of hydrogen-bond donors (Lipinski definition) is 0. The molecule has 2 amide bonds. The first kappa shape index (κ1) is 36.9. The molecule has 0 aromatic carbocycles. The van der Waals surface area contributed by atoms with E-state index in [9.17, 15) is 36.0 Å². The zero-order valence-electron chi connectivity index (χ0n) is 23.5. The number of halogens is 3. The fraction of sp³-hybridized carbons (Fsp3) is 0.808. The minimum atomic E-state index is -5.69. The summed E-state index contributed by atoms with van der Waals surface area (Å²) in [7, 11) is -5.69. The van der Waals surface area contributed by atoms with E-state index in [1.54, 1.807) is 25.7 Å². The van der Waals surface area contributed by atoms with Crippen LogP contribution in [0.1, 0.15) is 81.1 Å². The number of nitrogens with zero attached hydrogens (tertiary/aromatic N) is 2. The molecule has 4 fully saturated rings. The van der Waals surface area contributed by atoms with E-state index in [-0.39, 0.29) is 51.3 Å². The fourth-order valence-corrected chi connectivity index (χ4v) is 5.51. The van der Waals surface area contributed by atoms with Crippen LogP contribution >= 0.6 is 0 Å². The summed E-state index contributed by atoms with van der Waals surface area (Å²) in [5.74, 6) is -0.475. The van der Waals surface area contributed by atoms with Crippen LogP contribution in [-0.4, -0.2) is 78.1 Å². The van der Waals surface area contributed by atoms with Crippen molar-refractivity contribution >= 4 is 41.6 Å². The van der Waals surface area contributed by atoms with E-state index in [4.69, 9.17) is 9.47 Å². The van der Waals surface area contributed by atoms with Crippen molar-refractivity contribution < 1.29 is 49.6 Å². The van der Waals surface area contributed by atoms with Crippen molar-refractivity contribution in [3.05, 3.63) is 11.8 Å². The van der Waals surface area contributed by atoms with E-state index >= 15 is 0 Å². The lowest BCUT2D eigenvalue weighted by atomic mass is 9.79. The summed E-state index contributed by atoms with van der Waals surface area (Å²) in [6.07, 6.45) is 3.76. The molecule has 0 unspecified atom stereocenters. The van der Waals surface area contributed by atoms with Crippen molar-refractivity contribution in [1.29, 1.82) is 0 Å². The van der Waals surface area contributed by atoms with Crippen LogP contribution in [0.5, 0.6) is 0 Å². The molecule has 0 N–H and O–H groups in total. The van der Waals surface area contributed by atoms with Crippen LogP contribution in [0.15, 0.2) is 11.8 Å². The number of piperidine rings is 3. The molecule has 0 spiro atoms. The molecule has 6 aliphatic rings. The molecule has 4 atom stereocenters. The molecule has 3 saturated heterocycles. The molecule has 238 valence electrons. The van der Waals surface area contributed by atoms with Gasteiger partial charge in [0.05, 0.1) is 6.04 Å². The summed E-state index contributed by atoms with van der Waals surface area (Å²) in [5.41, 5.74) is -6.64. The Morgan fingerprint density at radius 3 is 1.73 bits per heavy atom. The molecule has 10 nitrogen and oxygen atoms in total. The Bertz CT molecular complexity index is 1110. The number of ketones is 1.